The SMILES string of the molecule is C=CC(N)=O.O=C1CCC(=O)N1. The number of hydrogen-bond acceptors (Lipinski definition) is 3. The molecular formula is C7H10N2O3. The zero-order valence-electron chi connectivity index (χ0n) is 6.50. The van der Waals surface area contributed by atoms with Gasteiger partial charge in [-0.15, -0.1) is 0 Å². The van der Waals surface area contributed by atoms with Crippen LogP contribution < -0.4 is 11.1 Å². The topological polar surface area (TPSA) is 89.3 Å². The molecule has 1 aliphatic heterocycles. The molecule has 0 radical (unpaired) electrons. The van der Waals surface area contributed by atoms with Gasteiger partial charge < -0.3 is 5.73 Å². The first-order valence-corrected chi connectivity index (χ1v) is 3.31. The number of nitrogens with two attached hydrogens (primary N) is 1. The highest BCUT2D eigenvalue weighted by Crippen LogP contribution is 1.95. The van der Waals surface area contributed by atoms with E-state index in [0.29, 0.717) is 12.8 Å². The second-order valence-corrected chi connectivity index (χ2v) is 2.08. The molecule has 1 aliphatic rings. The van der Waals surface area contributed by atoms with Crippen LogP contribution in [0, 0.1) is 0 Å². The largest absolute Gasteiger partial charge is 0.366 e. The van der Waals surface area contributed by atoms with Crippen LogP contribution in [-0.2, 0) is 14.4 Å². The van der Waals surface area contributed by atoms with Gasteiger partial charge in [0, 0.05) is 12.8 Å². The quantitative estimate of drug-likeness (QED) is 0.394. The average Bonchev–Trinajstić information content (AvgIpc) is 2.36. The zero-order chi connectivity index (χ0) is 9.56. The predicted molar refractivity (Wildman–Crippen MR) is 41.8 cm³/mol. The van der Waals surface area contributed by atoms with Gasteiger partial charge in [0.05, 0.1) is 0 Å². The van der Waals surface area contributed by atoms with E-state index in [1.165, 1.54) is 0 Å². The van der Waals surface area contributed by atoms with Crippen LogP contribution in [0.25, 0.3) is 0 Å². The summed E-state index contributed by atoms with van der Waals surface area (Å²) in [5.41, 5.74) is 4.53. The van der Waals surface area contributed by atoms with E-state index in [2.05, 4.69) is 17.6 Å². The van der Waals surface area contributed by atoms with Crippen molar-refractivity contribution in [1.29, 1.82) is 0 Å². The van der Waals surface area contributed by atoms with Crippen molar-refractivity contribution in [2.24, 2.45) is 5.73 Å². The third kappa shape index (κ3) is 5.16. The van der Waals surface area contributed by atoms with Gasteiger partial charge in [0.2, 0.25) is 17.7 Å². The van der Waals surface area contributed by atoms with Gasteiger partial charge in [-0.2, -0.15) is 0 Å². The summed E-state index contributed by atoms with van der Waals surface area (Å²) in [6.07, 6.45) is 1.80. The Labute approximate surface area is 69.6 Å². The fraction of sp³-hybridized carbons (Fsp3) is 0.286. The van der Waals surface area contributed by atoms with Crippen molar-refractivity contribution in [2.45, 2.75) is 12.8 Å². The fourth-order valence-electron chi connectivity index (χ4n) is 0.508. The third-order valence-corrected chi connectivity index (χ3v) is 1.06. The van der Waals surface area contributed by atoms with E-state index in [0.717, 1.165) is 6.08 Å². The molecule has 3 N–H and O–H groups in total. The van der Waals surface area contributed by atoms with E-state index >= 15 is 0 Å². The molecule has 5 nitrogen and oxygen atoms in total. The van der Waals surface area contributed by atoms with E-state index in [-0.39, 0.29) is 11.8 Å². The van der Waals surface area contributed by atoms with Crippen molar-refractivity contribution in [2.75, 3.05) is 0 Å². The van der Waals surface area contributed by atoms with Gasteiger partial charge in [0.15, 0.2) is 0 Å². The van der Waals surface area contributed by atoms with Crippen molar-refractivity contribution in [3.63, 3.8) is 0 Å². The third-order valence-electron chi connectivity index (χ3n) is 1.06. The summed E-state index contributed by atoms with van der Waals surface area (Å²) in [7, 11) is 0. The molecule has 1 saturated heterocycles. The summed E-state index contributed by atoms with van der Waals surface area (Å²) in [6, 6.07) is 0. The van der Waals surface area contributed by atoms with Gasteiger partial charge in [0.25, 0.3) is 0 Å². The van der Waals surface area contributed by atoms with Crippen LogP contribution in [0.4, 0.5) is 0 Å². The molecule has 0 aliphatic carbocycles. The summed E-state index contributed by atoms with van der Waals surface area (Å²) >= 11 is 0. The van der Waals surface area contributed by atoms with Crippen LogP contribution >= 0.6 is 0 Å². The van der Waals surface area contributed by atoms with Crippen LogP contribution in [0.15, 0.2) is 12.7 Å². The molecule has 1 rings (SSSR count). The summed E-state index contributed by atoms with van der Waals surface area (Å²) in [5, 5.41) is 2.14. The smallest absolute Gasteiger partial charge is 0.240 e. The molecule has 0 unspecified atom stereocenters. The van der Waals surface area contributed by atoms with E-state index < -0.39 is 5.91 Å². The summed E-state index contributed by atoms with van der Waals surface area (Å²) in [4.78, 5) is 29.7. The normalized spacial score (nSPS) is 14.3. The molecule has 66 valence electrons. The van der Waals surface area contributed by atoms with Crippen LogP contribution in [0.5, 0.6) is 0 Å². The van der Waals surface area contributed by atoms with Crippen molar-refractivity contribution in [3.8, 4) is 0 Å². The van der Waals surface area contributed by atoms with Crippen LogP contribution in [0.1, 0.15) is 12.8 Å². The Hall–Kier alpha value is -1.65. The maximum Gasteiger partial charge on any atom is 0.240 e. The lowest BCUT2D eigenvalue weighted by Gasteiger charge is -1.79. The first kappa shape index (κ1) is 10.3. The maximum atomic E-state index is 10.1. The minimum absolute atomic E-state index is 0.148. The van der Waals surface area contributed by atoms with E-state index in [1.54, 1.807) is 0 Å². The molecule has 3 amide bonds. The van der Waals surface area contributed by atoms with Crippen molar-refractivity contribution < 1.29 is 14.4 Å². The molecule has 1 fully saturated rings. The average molecular weight is 170 g/mol. The lowest BCUT2D eigenvalue weighted by Crippen LogP contribution is -2.18. The molecule has 0 aromatic heterocycles. The summed E-state index contributed by atoms with van der Waals surface area (Å²) in [5.74, 6) is -0.778. The van der Waals surface area contributed by atoms with Crippen LogP contribution in [-0.4, -0.2) is 17.7 Å². The second kappa shape index (κ2) is 5.06. The highest BCUT2D eigenvalue weighted by molar-refractivity contribution is 6.01. The Morgan fingerprint density at radius 3 is 1.83 bits per heavy atom. The predicted octanol–water partition coefficient (Wildman–Crippen LogP) is -0.919. The first-order valence-electron chi connectivity index (χ1n) is 3.31. The Kier molecular flexibility index (Phi) is 4.36. The van der Waals surface area contributed by atoms with Crippen LogP contribution in [0.3, 0.4) is 0 Å². The number of imide groups is 1. The Morgan fingerprint density at radius 2 is 1.75 bits per heavy atom. The lowest BCUT2D eigenvalue weighted by atomic mass is 10.4. The minimum Gasteiger partial charge on any atom is -0.366 e. The molecule has 1 heterocycles. The van der Waals surface area contributed by atoms with E-state index in [4.69, 9.17) is 0 Å². The molecule has 0 aromatic carbocycles. The van der Waals surface area contributed by atoms with Gasteiger partial charge in [-0.25, -0.2) is 0 Å². The number of nitrogens with one attached hydrogen (secondary N) is 1. The molecule has 0 bridgehead atoms. The Bertz CT molecular complexity index is 209. The Balaban J connectivity index is 0.000000217. The molecule has 0 spiro atoms. The van der Waals surface area contributed by atoms with Gasteiger partial charge in [-0.05, 0) is 6.08 Å². The summed E-state index contributed by atoms with van der Waals surface area (Å²) < 4.78 is 0. The number of primary amides is 1. The molecule has 0 saturated carbocycles. The van der Waals surface area contributed by atoms with Crippen molar-refractivity contribution >= 4 is 17.7 Å². The number of carbonyl (C=O) groups is 3. The van der Waals surface area contributed by atoms with Crippen molar-refractivity contribution in [3.05, 3.63) is 12.7 Å². The summed E-state index contributed by atoms with van der Waals surface area (Å²) in [6.45, 7) is 3.09. The van der Waals surface area contributed by atoms with Gasteiger partial charge >= 0.3 is 0 Å². The first-order chi connectivity index (χ1) is 5.56. The molecule has 0 atom stereocenters. The van der Waals surface area contributed by atoms with Crippen LogP contribution in [0.2, 0.25) is 0 Å². The van der Waals surface area contributed by atoms with Gasteiger partial charge in [-0.1, -0.05) is 6.58 Å². The zero-order valence-corrected chi connectivity index (χ0v) is 6.50. The molecular weight excluding hydrogens is 160 g/mol. The van der Waals surface area contributed by atoms with E-state index in [9.17, 15) is 14.4 Å². The molecule has 0 aromatic rings. The van der Waals surface area contributed by atoms with Gasteiger partial charge in [0.1, 0.15) is 0 Å². The maximum absolute atomic E-state index is 10.1. The highest BCUT2D eigenvalue weighted by atomic mass is 16.2. The fourth-order valence-corrected chi connectivity index (χ4v) is 0.508. The standard InChI is InChI=1S/C4H5NO2.C3H5NO/c6-3-1-2-4(7)5-3;1-2-3(4)5/h1-2H2,(H,5,6,7);2H,1H2,(H2,4,5). The second-order valence-electron chi connectivity index (χ2n) is 2.08. The highest BCUT2D eigenvalue weighted by Gasteiger charge is 2.15. The monoisotopic (exact) mass is 170 g/mol. The molecule has 5 heteroatoms. The number of amides is 3. The van der Waals surface area contributed by atoms with Gasteiger partial charge in [-0.3, -0.25) is 19.7 Å². The Morgan fingerprint density at radius 1 is 1.42 bits per heavy atom. The number of rotatable bonds is 1. The minimum atomic E-state index is -0.481. The van der Waals surface area contributed by atoms with Crippen molar-refractivity contribution in [1.82, 2.24) is 5.32 Å². The number of hydrogen-bond donors (Lipinski definition) is 2. The van der Waals surface area contributed by atoms with E-state index in [1.807, 2.05) is 0 Å². The lowest BCUT2D eigenvalue weighted by molar-refractivity contribution is -0.124. The molecule has 12 heavy (non-hydrogen) atoms. The number of carbonyl (C=O) groups excluding carboxylic acids is 3.